The van der Waals surface area contributed by atoms with Crippen molar-refractivity contribution in [1.82, 2.24) is 0 Å². The number of benzene rings is 1. The molecule has 0 atom stereocenters. The highest BCUT2D eigenvalue weighted by molar-refractivity contribution is 6.30. The van der Waals surface area contributed by atoms with Gasteiger partial charge in [-0.1, -0.05) is 11.6 Å². The van der Waals surface area contributed by atoms with Gasteiger partial charge >= 0.3 is 6.29 Å². The summed E-state index contributed by atoms with van der Waals surface area (Å²) in [6.45, 7) is 0. The van der Waals surface area contributed by atoms with Crippen LogP contribution in [0.2, 0.25) is 5.02 Å². The van der Waals surface area contributed by atoms with Gasteiger partial charge in [0, 0.05) is 12.1 Å². The Bertz CT molecular complexity index is 327. The first-order valence-corrected chi connectivity index (χ1v) is 3.42. The van der Waals surface area contributed by atoms with Gasteiger partial charge in [-0.3, -0.25) is 0 Å². The van der Waals surface area contributed by atoms with Crippen LogP contribution in [0, 0.1) is 6.07 Å². The van der Waals surface area contributed by atoms with Crippen LogP contribution >= 0.6 is 11.6 Å². The molecule has 63 valence electrons. The Morgan fingerprint density at radius 1 is 1.33 bits per heavy atom. The lowest BCUT2D eigenvalue weighted by Crippen LogP contribution is -2.25. The molecule has 0 saturated heterocycles. The van der Waals surface area contributed by atoms with E-state index < -0.39 is 6.29 Å². The van der Waals surface area contributed by atoms with Crippen LogP contribution in [0.3, 0.4) is 0 Å². The maximum atomic E-state index is 12.4. The van der Waals surface area contributed by atoms with Gasteiger partial charge in [0.25, 0.3) is 0 Å². The molecule has 0 bridgehead atoms. The molecule has 2 rings (SSSR count). The van der Waals surface area contributed by atoms with Crippen molar-refractivity contribution in [3.8, 4) is 11.5 Å². The van der Waals surface area contributed by atoms with E-state index in [1.165, 1.54) is 12.1 Å². The average molecular weight is 192 g/mol. The van der Waals surface area contributed by atoms with E-state index in [2.05, 4.69) is 15.5 Å². The van der Waals surface area contributed by atoms with Crippen LogP contribution in [0.15, 0.2) is 12.1 Å². The summed E-state index contributed by atoms with van der Waals surface area (Å²) < 4.78 is 33.0. The molecule has 1 aliphatic rings. The van der Waals surface area contributed by atoms with Crippen LogP contribution in [0.5, 0.6) is 11.5 Å². The second kappa shape index (κ2) is 2.23. The van der Waals surface area contributed by atoms with E-state index in [1.54, 1.807) is 0 Å². The molecule has 1 heterocycles. The number of hydrogen-bond acceptors (Lipinski definition) is 2. The number of alkyl halides is 2. The zero-order valence-corrected chi connectivity index (χ0v) is 6.36. The van der Waals surface area contributed by atoms with Crippen molar-refractivity contribution in [2.75, 3.05) is 0 Å². The quantitative estimate of drug-likeness (QED) is 0.627. The zero-order chi connectivity index (χ0) is 8.77. The molecule has 0 unspecified atom stereocenters. The van der Waals surface area contributed by atoms with Gasteiger partial charge in [-0.05, 0) is 6.07 Å². The summed E-state index contributed by atoms with van der Waals surface area (Å²) in [5.74, 6) is -0.117. The first-order valence-electron chi connectivity index (χ1n) is 3.04. The van der Waals surface area contributed by atoms with Crippen LogP contribution < -0.4 is 9.47 Å². The molecule has 0 saturated carbocycles. The van der Waals surface area contributed by atoms with Crippen molar-refractivity contribution in [1.29, 1.82) is 0 Å². The highest BCUT2D eigenvalue weighted by Gasteiger charge is 2.43. The Balaban J connectivity index is 2.43. The van der Waals surface area contributed by atoms with Gasteiger partial charge in [-0.15, -0.1) is 8.78 Å². The lowest BCUT2D eigenvalue weighted by Gasteiger charge is -2.04. The fourth-order valence-electron chi connectivity index (χ4n) is 0.870. The van der Waals surface area contributed by atoms with Gasteiger partial charge in [-0.25, -0.2) is 0 Å². The molecule has 0 amide bonds. The Morgan fingerprint density at radius 3 is 2.75 bits per heavy atom. The molecular weight excluding hydrogens is 190 g/mol. The normalized spacial score (nSPS) is 17.9. The van der Waals surface area contributed by atoms with Crippen LogP contribution in [-0.2, 0) is 0 Å². The van der Waals surface area contributed by atoms with Gasteiger partial charge < -0.3 is 9.47 Å². The lowest BCUT2D eigenvalue weighted by molar-refractivity contribution is -0.286. The molecule has 5 heteroatoms. The minimum Gasteiger partial charge on any atom is -0.395 e. The number of halogens is 3. The van der Waals surface area contributed by atoms with Crippen molar-refractivity contribution in [3.05, 3.63) is 23.2 Å². The summed E-state index contributed by atoms with van der Waals surface area (Å²) >= 11 is 5.48. The summed E-state index contributed by atoms with van der Waals surface area (Å²) in [4.78, 5) is 0. The molecule has 0 spiro atoms. The monoisotopic (exact) mass is 191 g/mol. The highest BCUT2D eigenvalue weighted by atomic mass is 35.5. The molecule has 1 aliphatic heterocycles. The topological polar surface area (TPSA) is 18.5 Å². The summed E-state index contributed by atoms with van der Waals surface area (Å²) in [7, 11) is 0. The van der Waals surface area contributed by atoms with Gasteiger partial charge in [0.15, 0.2) is 11.5 Å². The number of ether oxygens (including phenoxy) is 2. The first kappa shape index (κ1) is 7.61. The SMILES string of the molecule is FC1(F)Oc2c[c]c(Cl)cc2O1. The van der Waals surface area contributed by atoms with E-state index >= 15 is 0 Å². The van der Waals surface area contributed by atoms with E-state index in [1.807, 2.05) is 0 Å². The molecule has 0 fully saturated rings. The molecule has 0 aromatic heterocycles. The van der Waals surface area contributed by atoms with Crippen molar-refractivity contribution >= 4 is 11.6 Å². The molecule has 2 nitrogen and oxygen atoms in total. The first-order chi connectivity index (χ1) is 5.57. The molecular formula is C7H2ClF2O2. The fourth-order valence-corrected chi connectivity index (χ4v) is 1.02. The van der Waals surface area contributed by atoms with Gasteiger partial charge in [0.2, 0.25) is 0 Å². The predicted octanol–water partition coefficient (Wildman–Crippen LogP) is 2.46. The Labute approximate surface area is 71.7 Å². The number of fused-ring (bicyclic) bond motifs is 1. The third-order valence-corrected chi connectivity index (χ3v) is 1.52. The summed E-state index contributed by atoms with van der Waals surface area (Å²) in [6, 6.07) is 4.92. The molecule has 1 aromatic carbocycles. The van der Waals surface area contributed by atoms with Gasteiger partial charge in [0.05, 0.1) is 5.02 Å². The molecule has 1 aromatic rings. The summed E-state index contributed by atoms with van der Waals surface area (Å²) in [5, 5.41) is 0.204. The third kappa shape index (κ3) is 1.18. The summed E-state index contributed by atoms with van der Waals surface area (Å²) in [5.41, 5.74) is 0. The number of rotatable bonds is 0. The Morgan fingerprint density at radius 2 is 2.00 bits per heavy atom. The van der Waals surface area contributed by atoms with Crippen molar-refractivity contribution < 1.29 is 18.3 Å². The highest BCUT2D eigenvalue weighted by Crippen LogP contribution is 2.41. The maximum absolute atomic E-state index is 12.4. The van der Waals surface area contributed by atoms with E-state index in [-0.39, 0.29) is 16.5 Å². The largest absolute Gasteiger partial charge is 0.586 e. The second-order valence-electron chi connectivity index (χ2n) is 2.18. The Hall–Kier alpha value is -1.03. The minimum atomic E-state index is -3.58. The maximum Gasteiger partial charge on any atom is 0.586 e. The van der Waals surface area contributed by atoms with Crippen LogP contribution in [0.4, 0.5) is 8.78 Å². The number of hydrogen-bond donors (Lipinski definition) is 0. The van der Waals surface area contributed by atoms with Gasteiger partial charge in [0.1, 0.15) is 0 Å². The van der Waals surface area contributed by atoms with E-state index in [9.17, 15) is 8.78 Å². The smallest absolute Gasteiger partial charge is 0.395 e. The molecule has 1 radical (unpaired) electrons. The van der Waals surface area contributed by atoms with Crippen molar-refractivity contribution in [3.63, 3.8) is 0 Å². The lowest BCUT2D eigenvalue weighted by atomic mass is 10.3. The van der Waals surface area contributed by atoms with Crippen molar-refractivity contribution in [2.24, 2.45) is 0 Å². The minimum absolute atomic E-state index is 0.0515. The molecule has 0 N–H and O–H groups in total. The molecule has 12 heavy (non-hydrogen) atoms. The van der Waals surface area contributed by atoms with Crippen LogP contribution in [0.25, 0.3) is 0 Å². The third-order valence-electron chi connectivity index (χ3n) is 1.30. The van der Waals surface area contributed by atoms with E-state index in [0.717, 1.165) is 0 Å². The zero-order valence-electron chi connectivity index (χ0n) is 5.61. The fraction of sp³-hybridized carbons (Fsp3) is 0.143. The predicted molar refractivity (Wildman–Crippen MR) is 36.5 cm³/mol. The van der Waals surface area contributed by atoms with Crippen LogP contribution in [-0.4, -0.2) is 6.29 Å². The van der Waals surface area contributed by atoms with E-state index in [4.69, 9.17) is 11.6 Å². The average Bonchev–Trinajstić information content (AvgIpc) is 2.21. The second-order valence-corrected chi connectivity index (χ2v) is 2.58. The standard InChI is InChI=1S/C7H2ClF2O2/c8-4-1-2-5-6(3-4)12-7(9,10)11-5/h2-3H. The Kier molecular flexibility index (Phi) is 1.41. The van der Waals surface area contributed by atoms with Crippen LogP contribution in [0.1, 0.15) is 0 Å². The van der Waals surface area contributed by atoms with Gasteiger partial charge in [-0.2, -0.15) is 0 Å². The summed E-state index contributed by atoms with van der Waals surface area (Å²) in [6.07, 6.45) is -3.58. The molecule has 0 aliphatic carbocycles. The van der Waals surface area contributed by atoms with Crippen molar-refractivity contribution in [2.45, 2.75) is 6.29 Å². The van der Waals surface area contributed by atoms with E-state index in [0.29, 0.717) is 0 Å².